The number of rotatable bonds is 7. The fourth-order valence-electron chi connectivity index (χ4n) is 2.65. The Kier molecular flexibility index (Phi) is 7.45. The molecule has 0 spiro atoms. The van der Waals surface area contributed by atoms with Crippen LogP contribution in [-0.4, -0.2) is 30.7 Å². The van der Waals surface area contributed by atoms with Crippen molar-refractivity contribution in [1.82, 2.24) is 5.32 Å². The quantitative estimate of drug-likeness (QED) is 0.677. The van der Waals surface area contributed by atoms with Crippen molar-refractivity contribution in [3.05, 3.63) is 59.1 Å². The van der Waals surface area contributed by atoms with Gasteiger partial charge in [-0.3, -0.25) is 9.59 Å². The molecule has 4 nitrogen and oxygen atoms in total. The van der Waals surface area contributed by atoms with Crippen molar-refractivity contribution in [2.75, 3.05) is 6.61 Å². The van der Waals surface area contributed by atoms with Gasteiger partial charge in [0.25, 0.3) is 0 Å². The van der Waals surface area contributed by atoms with Crippen molar-refractivity contribution in [2.45, 2.75) is 32.0 Å². The number of hydrogen-bond acceptors (Lipinski definition) is 3. The van der Waals surface area contributed by atoms with E-state index in [2.05, 4.69) is 0 Å². The highest BCUT2D eigenvalue weighted by Crippen LogP contribution is 2.23. The number of carbonyl (C=O) groups excluding carboxylic acids is 2. The van der Waals surface area contributed by atoms with Gasteiger partial charge in [0.2, 0.25) is 0 Å². The Morgan fingerprint density at radius 2 is 1.79 bits per heavy atom. The van der Waals surface area contributed by atoms with Crippen LogP contribution in [0, 0.1) is 0 Å². The highest BCUT2D eigenvalue weighted by Gasteiger charge is 2.40. The van der Waals surface area contributed by atoms with Crippen LogP contribution in [0.1, 0.15) is 18.9 Å². The monoisotopic (exact) mass is 413 g/mol. The molecule has 0 unspecified atom stereocenters. The normalized spacial score (nSPS) is 12.3. The third kappa shape index (κ3) is 6.56. The van der Waals surface area contributed by atoms with E-state index in [0.717, 1.165) is 11.1 Å². The number of ether oxygens (including phenoxy) is 1. The molecule has 0 saturated carbocycles. The summed E-state index contributed by atoms with van der Waals surface area (Å²) < 4.78 is 42.5. The number of esters is 1. The van der Waals surface area contributed by atoms with Gasteiger partial charge < -0.3 is 10.1 Å². The Balaban J connectivity index is 2.13. The van der Waals surface area contributed by atoms with Gasteiger partial charge in [-0.05, 0) is 42.2 Å². The lowest BCUT2D eigenvalue weighted by Crippen LogP contribution is -2.45. The Morgan fingerprint density at radius 1 is 1.11 bits per heavy atom. The zero-order valence-electron chi connectivity index (χ0n) is 15.1. The molecule has 0 fully saturated rings. The molecule has 150 valence electrons. The zero-order chi connectivity index (χ0) is 20.7. The van der Waals surface area contributed by atoms with E-state index in [0.29, 0.717) is 10.6 Å². The fraction of sp³-hybridized carbons (Fsp3) is 0.300. The minimum atomic E-state index is -5.02. The SMILES string of the molecule is CCOC(=O)C[C@H](Cc1ccc(-c2cccc(Cl)c2)cc1)NC(=O)C(F)(F)F. The highest BCUT2D eigenvalue weighted by molar-refractivity contribution is 6.30. The van der Waals surface area contributed by atoms with Crippen LogP contribution in [0.2, 0.25) is 5.02 Å². The third-order valence-corrected chi connectivity index (χ3v) is 4.14. The molecular formula is C20H19ClF3NO3. The van der Waals surface area contributed by atoms with Crippen LogP contribution in [0.25, 0.3) is 11.1 Å². The lowest BCUT2D eigenvalue weighted by molar-refractivity contribution is -0.174. The van der Waals surface area contributed by atoms with E-state index < -0.39 is 24.1 Å². The van der Waals surface area contributed by atoms with Gasteiger partial charge in [-0.15, -0.1) is 0 Å². The third-order valence-electron chi connectivity index (χ3n) is 3.91. The summed E-state index contributed by atoms with van der Waals surface area (Å²) >= 11 is 5.98. The van der Waals surface area contributed by atoms with Crippen molar-refractivity contribution in [3.63, 3.8) is 0 Å². The topological polar surface area (TPSA) is 55.4 Å². The van der Waals surface area contributed by atoms with Gasteiger partial charge in [-0.2, -0.15) is 13.2 Å². The second kappa shape index (κ2) is 9.59. The minimum Gasteiger partial charge on any atom is -0.466 e. The number of hydrogen-bond donors (Lipinski definition) is 1. The van der Waals surface area contributed by atoms with Gasteiger partial charge in [0.05, 0.1) is 13.0 Å². The van der Waals surface area contributed by atoms with E-state index in [1.165, 1.54) is 0 Å². The van der Waals surface area contributed by atoms with Gasteiger partial charge in [-0.25, -0.2) is 0 Å². The Labute approximate surface area is 165 Å². The number of halogens is 4. The Bertz CT molecular complexity index is 822. The summed E-state index contributed by atoms with van der Waals surface area (Å²) in [6.45, 7) is 1.70. The van der Waals surface area contributed by atoms with Crippen molar-refractivity contribution in [1.29, 1.82) is 0 Å². The molecule has 0 aromatic heterocycles. The van der Waals surface area contributed by atoms with Gasteiger partial charge >= 0.3 is 18.1 Å². The summed E-state index contributed by atoms with van der Waals surface area (Å²) in [6.07, 6.45) is -5.33. The second-order valence-corrected chi connectivity index (χ2v) is 6.53. The number of amides is 1. The van der Waals surface area contributed by atoms with Crippen LogP contribution in [0.15, 0.2) is 48.5 Å². The average Bonchev–Trinajstić information content (AvgIpc) is 2.61. The van der Waals surface area contributed by atoms with Gasteiger partial charge in [0, 0.05) is 11.1 Å². The average molecular weight is 414 g/mol. The van der Waals surface area contributed by atoms with E-state index in [9.17, 15) is 22.8 Å². The van der Waals surface area contributed by atoms with E-state index in [1.807, 2.05) is 17.4 Å². The first kappa shape index (κ1) is 21.8. The van der Waals surface area contributed by atoms with Crippen LogP contribution < -0.4 is 5.32 Å². The molecule has 1 amide bonds. The summed E-state index contributed by atoms with van der Waals surface area (Å²) in [5, 5.41) is 2.46. The maximum absolute atomic E-state index is 12.6. The summed E-state index contributed by atoms with van der Waals surface area (Å²) in [5.41, 5.74) is 2.45. The molecule has 0 aliphatic rings. The van der Waals surface area contributed by atoms with Crippen molar-refractivity contribution in [3.8, 4) is 11.1 Å². The van der Waals surface area contributed by atoms with E-state index in [-0.39, 0.29) is 19.4 Å². The molecule has 2 aromatic rings. The largest absolute Gasteiger partial charge is 0.471 e. The predicted molar refractivity (Wildman–Crippen MR) is 99.8 cm³/mol. The molecule has 0 heterocycles. The first-order valence-electron chi connectivity index (χ1n) is 8.57. The van der Waals surface area contributed by atoms with Crippen LogP contribution in [0.3, 0.4) is 0 Å². The number of alkyl halides is 3. The summed E-state index contributed by atoms with van der Waals surface area (Å²) in [6, 6.07) is 13.3. The van der Waals surface area contributed by atoms with E-state index in [4.69, 9.17) is 16.3 Å². The first-order chi connectivity index (χ1) is 13.2. The molecule has 0 radical (unpaired) electrons. The molecule has 0 saturated heterocycles. The van der Waals surface area contributed by atoms with Gasteiger partial charge in [0.1, 0.15) is 0 Å². The van der Waals surface area contributed by atoms with Gasteiger partial charge in [-0.1, -0.05) is 48.0 Å². The number of carbonyl (C=O) groups is 2. The van der Waals surface area contributed by atoms with E-state index in [1.54, 1.807) is 43.3 Å². The lowest BCUT2D eigenvalue weighted by Gasteiger charge is -2.19. The van der Waals surface area contributed by atoms with Crippen molar-refractivity contribution in [2.24, 2.45) is 0 Å². The molecule has 0 aliphatic heterocycles. The number of benzene rings is 2. The van der Waals surface area contributed by atoms with E-state index >= 15 is 0 Å². The van der Waals surface area contributed by atoms with Gasteiger partial charge in [0.15, 0.2) is 0 Å². The molecule has 8 heteroatoms. The number of nitrogens with one attached hydrogen (secondary N) is 1. The van der Waals surface area contributed by atoms with Crippen LogP contribution in [-0.2, 0) is 20.7 Å². The van der Waals surface area contributed by atoms with Crippen molar-refractivity contribution >= 4 is 23.5 Å². The highest BCUT2D eigenvalue weighted by atomic mass is 35.5. The standard InChI is InChI=1S/C20H19ClF3NO3/c1-2-28-18(26)12-17(25-19(27)20(22,23)24)10-13-6-8-14(9-7-13)15-4-3-5-16(21)11-15/h3-9,11,17H,2,10,12H2,1H3,(H,25,27)/t17-/m0/s1. The summed E-state index contributed by atoms with van der Waals surface area (Å²) in [7, 11) is 0. The molecule has 28 heavy (non-hydrogen) atoms. The maximum Gasteiger partial charge on any atom is 0.471 e. The summed E-state index contributed by atoms with van der Waals surface area (Å²) in [5.74, 6) is -2.76. The molecule has 0 bridgehead atoms. The van der Waals surface area contributed by atoms with Crippen LogP contribution in [0.5, 0.6) is 0 Å². The first-order valence-corrected chi connectivity index (χ1v) is 8.95. The fourth-order valence-corrected chi connectivity index (χ4v) is 2.84. The Morgan fingerprint density at radius 3 is 2.36 bits per heavy atom. The Hall–Kier alpha value is -2.54. The maximum atomic E-state index is 12.6. The lowest BCUT2D eigenvalue weighted by atomic mass is 9.99. The molecule has 1 atom stereocenters. The smallest absolute Gasteiger partial charge is 0.466 e. The molecule has 2 rings (SSSR count). The molecule has 1 N–H and O–H groups in total. The van der Waals surface area contributed by atoms with Crippen LogP contribution >= 0.6 is 11.6 Å². The minimum absolute atomic E-state index is 0.0520. The predicted octanol–water partition coefficient (Wildman–Crippen LogP) is 4.55. The molecular weight excluding hydrogens is 395 g/mol. The summed E-state index contributed by atoms with van der Waals surface area (Å²) in [4.78, 5) is 23.0. The van der Waals surface area contributed by atoms with Crippen molar-refractivity contribution < 1.29 is 27.5 Å². The molecule has 2 aromatic carbocycles. The van der Waals surface area contributed by atoms with Crippen LogP contribution in [0.4, 0.5) is 13.2 Å². The second-order valence-electron chi connectivity index (χ2n) is 6.09. The molecule has 0 aliphatic carbocycles. The zero-order valence-corrected chi connectivity index (χ0v) is 15.8.